The number of hydrogen-bond acceptors (Lipinski definition) is 2. The normalized spacial score (nSPS) is 20.9. The molecule has 0 aromatic rings. The van der Waals surface area contributed by atoms with Crippen LogP contribution in [0.4, 0.5) is 0 Å². The molecule has 1 aliphatic carbocycles. The van der Waals surface area contributed by atoms with Crippen LogP contribution in [-0.4, -0.2) is 19.5 Å². The quantitative estimate of drug-likeness (QED) is 0.462. The van der Waals surface area contributed by atoms with E-state index in [9.17, 15) is 0 Å². The summed E-state index contributed by atoms with van der Waals surface area (Å²) in [6.07, 6.45) is 6.13. The standard InChI is InChI=1S/C12H22O2/c1-5-6-7-10-8-11(10)9-14-12(2,3)13-4/h8,11H,5-7,9H2,1-4H3/t11-/m1/s1. The molecule has 82 valence electrons. The molecule has 0 amide bonds. The van der Waals surface area contributed by atoms with Crippen LogP contribution in [0.2, 0.25) is 0 Å². The average molecular weight is 198 g/mol. The Morgan fingerprint density at radius 3 is 2.71 bits per heavy atom. The Morgan fingerprint density at radius 1 is 1.43 bits per heavy atom. The Kier molecular flexibility index (Phi) is 4.14. The van der Waals surface area contributed by atoms with Gasteiger partial charge in [-0.05, 0) is 26.7 Å². The highest BCUT2D eigenvalue weighted by atomic mass is 16.7. The van der Waals surface area contributed by atoms with E-state index < -0.39 is 5.79 Å². The van der Waals surface area contributed by atoms with Gasteiger partial charge in [-0.3, -0.25) is 0 Å². The lowest BCUT2D eigenvalue weighted by Crippen LogP contribution is -2.27. The van der Waals surface area contributed by atoms with Crippen molar-refractivity contribution in [3.63, 3.8) is 0 Å². The first-order valence-corrected chi connectivity index (χ1v) is 5.48. The summed E-state index contributed by atoms with van der Waals surface area (Å²) in [6.45, 7) is 6.89. The topological polar surface area (TPSA) is 18.5 Å². The smallest absolute Gasteiger partial charge is 0.162 e. The molecule has 1 atom stereocenters. The molecule has 0 bridgehead atoms. The molecule has 14 heavy (non-hydrogen) atoms. The molecule has 0 aliphatic heterocycles. The van der Waals surface area contributed by atoms with Gasteiger partial charge in [0, 0.05) is 13.0 Å². The van der Waals surface area contributed by atoms with Crippen LogP contribution in [0.15, 0.2) is 11.6 Å². The van der Waals surface area contributed by atoms with Crippen molar-refractivity contribution in [2.45, 2.75) is 45.8 Å². The Hall–Kier alpha value is -0.340. The van der Waals surface area contributed by atoms with E-state index in [2.05, 4.69) is 13.0 Å². The third-order valence-corrected chi connectivity index (χ3v) is 2.70. The minimum atomic E-state index is -0.438. The zero-order valence-electron chi connectivity index (χ0n) is 9.80. The van der Waals surface area contributed by atoms with Crippen LogP contribution in [-0.2, 0) is 9.47 Å². The summed E-state index contributed by atoms with van der Waals surface area (Å²) >= 11 is 0. The SMILES string of the molecule is CCCCC1=C[C@@H]1COC(C)(C)OC. The molecule has 0 fully saturated rings. The van der Waals surface area contributed by atoms with E-state index in [1.807, 2.05) is 13.8 Å². The van der Waals surface area contributed by atoms with Gasteiger partial charge >= 0.3 is 0 Å². The van der Waals surface area contributed by atoms with Crippen molar-refractivity contribution in [1.82, 2.24) is 0 Å². The van der Waals surface area contributed by atoms with Crippen molar-refractivity contribution >= 4 is 0 Å². The molecule has 0 saturated heterocycles. The minimum Gasteiger partial charge on any atom is -0.354 e. The van der Waals surface area contributed by atoms with E-state index in [0.717, 1.165) is 6.61 Å². The van der Waals surface area contributed by atoms with Gasteiger partial charge < -0.3 is 9.47 Å². The summed E-state index contributed by atoms with van der Waals surface area (Å²) in [7, 11) is 1.68. The summed E-state index contributed by atoms with van der Waals surface area (Å²) in [5.41, 5.74) is 1.57. The van der Waals surface area contributed by atoms with E-state index >= 15 is 0 Å². The molecule has 0 spiro atoms. The van der Waals surface area contributed by atoms with E-state index in [0.29, 0.717) is 5.92 Å². The minimum absolute atomic E-state index is 0.438. The average Bonchev–Trinajstić information content (AvgIpc) is 2.91. The van der Waals surface area contributed by atoms with Gasteiger partial charge in [0.15, 0.2) is 5.79 Å². The van der Waals surface area contributed by atoms with Crippen LogP contribution in [0.1, 0.15) is 40.0 Å². The zero-order chi connectivity index (χ0) is 10.6. The summed E-state index contributed by atoms with van der Waals surface area (Å²) in [4.78, 5) is 0. The van der Waals surface area contributed by atoms with E-state index in [4.69, 9.17) is 9.47 Å². The highest BCUT2D eigenvalue weighted by Crippen LogP contribution is 2.34. The highest BCUT2D eigenvalue weighted by Gasteiger charge is 2.27. The van der Waals surface area contributed by atoms with Gasteiger partial charge in [0.05, 0.1) is 6.61 Å². The van der Waals surface area contributed by atoms with Crippen LogP contribution in [0.5, 0.6) is 0 Å². The van der Waals surface area contributed by atoms with E-state index in [1.54, 1.807) is 12.7 Å². The monoisotopic (exact) mass is 198 g/mol. The third kappa shape index (κ3) is 3.81. The third-order valence-electron chi connectivity index (χ3n) is 2.70. The lowest BCUT2D eigenvalue weighted by atomic mass is 10.2. The zero-order valence-corrected chi connectivity index (χ0v) is 9.80. The summed E-state index contributed by atoms with van der Waals surface area (Å²) in [5.74, 6) is 0.155. The number of hydrogen-bond donors (Lipinski definition) is 0. The van der Waals surface area contributed by atoms with Gasteiger partial charge in [-0.1, -0.05) is 25.0 Å². The highest BCUT2D eigenvalue weighted by molar-refractivity contribution is 5.29. The second kappa shape index (κ2) is 4.94. The number of ether oxygens (including phenoxy) is 2. The van der Waals surface area contributed by atoms with Crippen molar-refractivity contribution in [2.24, 2.45) is 5.92 Å². The molecular weight excluding hydrogens is 176 g/mol. The summed E-state index contributed by atoms with van der Waals surface area (Å²) < 4.78 is 10.8. The second-order valence-corrected chi connectivity index (χ2v) is 4.37. The lowest BCUT2D eigenvalue weighted by Gasteiger charge is -2.23. The molecule has 0 N–H and O–H groups in total. The van der Waals surface area contributed by atoms with Crippen molar-refractivity contribution in [3.8, 4) is 0 Å². The number of unbranched alkanes of at least 4 members (excludes halogenated alkanes) is 1. The van der Waals surface area contributed by atoms with Crippen LogP contribution in [0.25, 0.3) is 0 Å². The van der Waals surface area contributed by atoms with Crippen LogP contribution in [0.3, 0.4) is 0 Å². The van der Waals surface area contributed by atoms with Crippen LogP contribution < -0.4 is 0 Å². The van der Waals surface area contributed by atoms with E-state index in [-0.39, 0.29) is 0 Å². The van der Waals surface area contributed by atoms with Gasteiger partial charge in [-0.2, -0.15) is 0 Å². The number of rotatable bonds is 7. The molecule has 2 nitrogen and oxygen atoms in total. The second-order valence-electron chi connectivity index (χ2n) is 4.37. The van der Waals surface area contributed by atoms with Gasteiger partial charge in [0.1, 0.15) is 0 Å². The van der Waals surface area contributed by atoms with Crippen LogP contribution >= 0.6 is 0 Å². The van der Waals surface area contributed by atoms with Crippen molar-refractivity contribution < 1.29 is 9.47 Å². The molecule has 0 aromatic carbocycles. The lowest BCUT2D eigenvalue weighted by molar-refractivity contribution is -0.198. The molecule has 2 heteroatoms. The van der Waals surface area contributed by atoms with Crippen LogP contribution in [0, 0.1) is 5.92 Å². The molecule has 1 aliphatic rings. The molecule has 1 rings (SSSR count). The fourth-order valence-corrected chi connectivity index (χ4v) is 1.36. The number of methoxy groups -OCH3 is 1. The van der Waals surface area contributed by atoms with E-state index in [1.165, 1.54) is 19.3 Å². The van der Waals surface area contributed by atoms with Gasteiger partial charge in [-0.25, -0.2) is 0 Å². The predicted octanol–water partition coefficient (Wildman–Crippen LogP) is 3.13. The maximum atomic E-state index is 5.64. The molecule has 0 radical (unpaired) electrons. The molecule has 0 heterocycles. The maximum Gasteiger partial charge on any atom is 0.162 e. The predicted molar refractivity (Wildman–Crippen MR) is 58.1 cm³/mol. The Balaban J connectivity index is 2.07. The first kappa shape index (κ1) is 11.7. The fourth-order valence-electron chi connectivity index (χ4n) is 1.36. The largest absolute Gasteiger partial charge is 0.354 e. The summed E-state index contributed by atoms with van der Waals surface area (Å²) in [6, 6.07) is 0. The Bertz CT molecular complexity index is 206. The summed E-state index contributed by atoms with van der Waals surface area (Å²) in [5, 5.41) is 0. The first-order chi connectivity index (χ1) is 6.59. The maximum absolute atomic E-state index is 5.64. The first-order valence-electron chi connectivity index (χ1n) is 5.48. The molecule has 0 saturated carbocycles. The fraction of sp³-hybridized carbons (Fsp3) is 0.833. The van der Waals surface area contributed by atoms with Crippen molar-refractivity contribution in [1.29, 1.82) is 0 Å². The molecule has 0 unspecified atom stereocenters. The van der Waals surface area contributed by atoms with Gasteiger partial charge in [0.2, 0.25) is 0 Å². The Morgan fingerprint density at radius 2 is 2.14 bits per heavy atom. The molecular formula is C12H22O2. The van der Waals surface area contributed by atoms with Crippen molar-refractivity contribution in [3.05, 3.63) is 11.6 Å². The van der Waals surface area contributed by atoms with Crippen molar-refractivity contribution in [2.75, 3.05) is 13.7 Å². The van der Waals surface area contributed by atoms with Gasteiger partial charge in [0.25, 0.3) is 0 Å². The molecule has 0 aromatic heterocycles. The Labute approximate surface area is 87.3 Å². The van der Waals surface area contributed by atoms with Gasteiger partial charge in [-0.15, -0.1) is 0 Å².